The summed E-state index contributed by atoms with van der Waals surface area (Å²) in [6.45, 7) is 1.82. The maximum atomic E-state index is 10.9. The molecule has 1 N–H and O–H groups in total. The smallest absolute Gasteiger partial charge is 0.336 e. The average molecular weight is 189 g/mol. The number of benzene rings is 1. The van der Waals surface area contributed by atoms with Crippen molar-refractivity contribution >= 4 is 16.9 Å². The highest BCUT2D eigenvalue weighted by molar-refractivity contribution is 5.95. The van der Waals surface area contributed by atoms with Gasteiger partial charge >= 0.3 is 5.97 Å². The molecule has 14 heavy (non-hydrogen) atoms. The Bertz CT molecular complexity index is 511. The fourth-order valence-corrected chi connectivity index (χ4v) is 1.66. The van der Waals surface area contributed by atoms with Crippen LogP contribution in [-0.2, 0) is 7.05 Å². The van der Waals surface area contributed by atoms with Crippen LogP contribution in [0.5, 0.6) is 0 Å². The van der Waals surface area contributed by atoms with E-state index in [1.807, 2.05) is 36.9 Å². The molecule has 0 saturated carbocycles. The van der Waals surface area contributed by atoms with Gasteiger partial charge in [-0.15, -0.1) is 0 Å². The van der Waals surface area contributed by atoms with Crippen LogP contribution < -0.4 is 0 Å². The molecule has 0 atom stereocenters. The number of aromatic nitrogens is 1. The van der Waals surface area contributed by atoms with Gasteiger partial charge in [0.2, 0.25) is 0 Å². The molecule has 0 aliphatic carbocycles. The van der Waals surface area contributed by atoms with E-state index < -0.39 is 5.97 Å². The van der Waals surface area contributed by atoms with E-state index in [4.69, 9.17) is 5.11 Å². The summed E-state index contributed by atoms with van der Waals surface area (Å²) in [5, 5.41) is 10.0. The number of carboxylic acids is 1. The second kappa shape index (κ2) is 2.87. The molecule has 0 radical (unpaired) electrons. The first-order valence-corrected chi connectivity index (χ1v) is 4.38. The quantitative estimate of drug-likeness (QED) is 0.747. The van der Waals surface area contributed by atoms with Gasteiger partial charge in [0, 0.05) is 18.8 Å². The lowest BCUT2D eigenvalue weighted by atomic mass is 10.1. The van der Waals surface area contributed by atoms with E-state index in [9.17, 15) is 4.79 Å². The van der Waals surface area contributed by atoms with Gasteiger partial charge in [0.15, 0.2) is 0 Å². The highest BCUT2D eigenvalue weighted by Crippen LogP contribution is 2.20. The molecular weight excluding hydrogens is 178 g/mol. The SMILES string of the molecule is Cc1cc2ccn(C)c2cc1C(=O)O. The third-order valence-corrected chi connectivity index (χ3v) is 2.46. The Balaban J connectivity index is 2.80. The van der Waals surface area contributed by atoms with Crippen LogP contribution in [0.15, 0.2) is 24.4 Å². The minimum Gasteiger partial charge on any atom is -0.478 e. The van der Waals surface area contributed by atoms with E-state index >= 15 is 0 Å². The number of aryl methyl sites for hydroxylation is 2. The molecule has 3 heteroatoms. The van der Waals surface area contributed by atoms with E-state index in [0.717, 1.165) is 16.5 Å². The number of hydrogen-bond acceptors (Lipinski definition) is 1. The molecule has 0 spiro atoms. The molecule has 0 amide bonds. The third kappa shape index (κ3) is 1.18. The number of hydrogen-bond donors (Lipinski definition) is 1. The van der Waals surface area contributed by atoms with Crippen molar-refractivity contribution < 1.29 is 9.90 Å². The van der Waals surface area contributed by atoms with Gasteiger partial charge in [-0.05, 0) is 36.1 Å². The minimum absolute atomic E-state index is 0.374. The zero-order valence-corrected chi connectivity index (χ0v) is 8.11. The lowest BCUT2D eigenvalue weighted by molar-refractivity contribution is 0.0696. The van der Waals surface area contributed by atoms with Crippen LogP contribution in [0, 0.1) is 6.92 Å². The van der Waals surface area contributed by atoms with Crippen molar-refractivity contribution in [2.75, 3.05) is 0 Å². The number of fused-ring (bicyclic) bond motifs is 1. The molecule has 72 valence electrons. The Morgan fingerprint density at radius 2 is 2.14 bits per heavy atom. The van der Waals surface area contributed by atoms with E-state index in [1.165, 1.54) is 0 Å². The lowest BCUT2D eigenvalue weighted by Crippen LogP contribution is -2.00. The lowest BCUT2D eigenvalue weighted by Gasteiger charge is -2.02. The Kier molecular flexibility index (Phi) is 1.81. The third-order valence-electron chi connectivity index (χ3n) is 2.46. The normalized spacial score (nSPS) is 10.7. The van der Waals surface area contributed by atoms with Crippen molar-refractivity contribution in [1.82, 2.24) is 4.57 Å². The van der Waals surface area contributed by atoms with Gasteiger partial charge in [-0.3, -0.25) is 0 Å². The summed E-state index contributed by atoms with van der Waals surface area (Å²) in [6.07, 6.45) is 1.93. The Labute approximate surface area is 81.6 Å². The van der Waals surface area contributed by atoms with Crippen LogP contribution >= 0.6 is 0 Å². The van der Waals surface area contributed by atoms with Gasteiger partial charge in [0.1, 0.15) is 0 Å². The fraction of sp³-hybridized carbons (Fsp3) is 0.182. The summed E-state index contributed by atoms with van der Waals surface area (Å²) >= 11 is 0. The van der Waals surface area contributed by atoms with Crippen molar-refractivity contribution in [1.29, 1.82) is 0 Å². The summed E-state index contributed by atoms with van der Waals surface area (Å²) in [6, 6.07) is 5.60. The van der Waals surface area contributed by atoms with Crippen molar-refractivity contribution in [2.24, 2.45) is 7.05 Å². The van der Waals surface area contributed by atoms with Crippen LogP contribution in [0.4, 0.5) is 0 Å². The van der Waals surface area contributed by atoms with Gasteiger partial charge in [-0.2, -0.15) is 0 Å². The maximum absolute atomic E-state index is 10.9. The molecule has 1 aromatic heterocycles. The zero-order valence-electron chi connectivity index (χ0n) is 8.11. The standard InChI is InChI=1S/C11H11NO2/c1-7-5-8-3-4-12(2)10(8)6-9(7)11(13)14/h3-6H,1-2H3,(H,13,14). The monoisotopic (exact) mass is 189 g/mol. The van der Waals surface area contributed by atoms with Gasteiger partial charge in [-0.25, -0.2) is 4.79 Å². The van der Waals surface area contributed by atoms with Gasteiger partial charge < -0.3 is 9.67 Å². The van der Waals surface area contributed by atoms with Crippen LogP contribution in [0.1, 0.15) is 15.9 Å². The summed E-state index contributed by atoms with van der Waals surface area (Å²) < 4.78 is 1.92. The van der Waals surface area contributed by atoms with E-state index in [0.29, 0.717) is 5.56 Å². The van der Waals surface area contributed by atoms with Gasteiger partial charge in [0.25, 0.3) is 0 Å². The molecule has 0 fully saturated rings. The summed E-state index contributed by atoms with van der Waals surface area (Å²) in [5.41, 5.74) is 2.13. The van der Waals surface area contributed by atoms with Crippen LogP contribution in [-0.4, -0.2) is 15.6 Å². The molecule has 0 saturated heterocycles. The van der Waals surface area contributed by atoms with Crippen LogP contribution in [0.3, 0.4) is 0 Å². The molecule has 0 unspecified atom stereocenters. The predicted molar refractivity (Wildman–Crippen MR) is 54.6 cm³/mol. The molecule has 3 nitrogen and oxygen atoms in total. The zero-order chi connectivity index (χ0) is 10.3. The van der Waals surface area contributed by atoms with E-state index in [-0.39, 0.29) is 0 Å². The largest absolute Gasteiger partial charge is 0.478 e. The second-order valence-corrected chi connectivity index (χ2v) is 3.46. The highest BCUT2D eigenvalue weighted by atomic mass is 16.4. The first-order chi connectivity index (χ1) is 6.59. The van der Waals surface area contributed by atoms with E-state index in [1.54, 1.807) is 6.07 Å². The first-order valence-electron chi connectivity index (χ1n) is 4.38. The average Bonchev–Trinajstić information content (AvgIpc) is 2.46. The van der Waals surface area contributed by atoms with Gasteiger partial charge in [0.05, 0.1) is 5.56 Å². The molecule has 0 bridgehead atoms. The number of aromatic carboxylic acids is 1. The summed E-state index contributed by atoms with van der Waals surface area (Å²) in [7, 11) is 1.91. The van der Waals surface area contributed by atoms with Crippen molar-refractivity contribution in [3.63, 3.8) is 0 Å². The van der Waals surface area contributed by atoms with Crippen molar-refractivity contribution in [3.05, 3.63) is 35.5 Å². The van der Waals surface area contributed by atoms with Crippen LogP contribution in [0.2, 0.25) is 0 Å². The van der Waals surface area contributed by atoms with Crippen molar-refractivity contribution in [2.45, 2.75) is 6.92 Å². The highest BCUT2D eigenvalue weighted by Gasteiger charge is 2.09. The predicted octanol–water partition coefficient (Wildman–Crippen LogP) is 2.18. The number of rotatable bonds is 1. The molecule has 1 heterocycles. The molecular formula is C11H11NO2. The Hall–Kier alpha value is -1.77. The topological polar surface area (TPSA) is 42.2 Å². The summed E-state index contributed by atoms with van der Waals surface area (Å²) in [4.78, 5) is 10.9. The number of carbonyl (C=O) groups is 1. The van der Waals surface area contributed by atoms with Crippen molar-refractivity contribution in [3.8, 4) is 0 Å². The van der Waals surface area contributed by atoms with E-state index in [2.05, 4.69) is 0 Å². The second-order valence-electron chi connectivity index (χ2n) is 3.46. The number of carboxylic acid groups (broad SMARTS) is 1. The minimum atomic E-state index is -0.870. The summed E-state index contributed by atoms with van der Waals surface area (Å²) in [5.74, 6) is -0.870. The molecule has 0 aliphatic heterocycles. The molecule has 2 rings (SSSR count). The fourth-order valence-electron chi connectivity index (χ4n) is 1.66. The van der Waals surface area contributed by atoms with Gasteiger partial charge in [-0.1, -0.05) is 0 Å². The Morgan fingerprint density at radius 3 is 2.79 bits per heavy atom. The molecule has 2 aromatic rings. The molecule has 0 aliphatic rings. The number of nitrogens with zero attached hydrogens (tertiary/aromatic N) is 1. The maximum Gasteiger partial charge on any atom is 0.336 e. The Morgan fingerprint density at radius 1 is 1.43 bits per heavy atom. The molecule has 1 aromatic carbocycles. The van der Waals surface area contributed by atoms with Crippen LogP contribution in [0.25, 0.3) is 10.9 Å². The first kappa shape index (κ1) is 8.81.